The predicted octanol–water partition coefficient (Wildman–Crippen LogP) is 2.62. The average Bonchev–Trinajstić information content (AvgIpc) is 2.61. The van der Waals surface area contributed by atoms with Gasteiger partial charge in [0.1, 0.15) is 0 Å². The van der Waals surface area contributed by atoms with E-state index in [0.717, 1.165) is 55.4 Å². The summed E-state index contributed by atoms with van der Waals surface area (Å²) in [6.07, 6.45) is 4.87. The Morgan fingerprint density at radius 1 is 1.25 bits per heavy atom. The molecule has 0 aliphatic carbocycles. The molecule has 0 atom stereocenters. The van der Waals surface area contributed by atoms with Crippen LogP contribution in [0.25, 0.3) is 0 Å². The standard InChI is InChI=1S/C18H28N4OS/c1-3-19-18(20-11-13-24-2)21-14-15-7-9-16(10-8-15)22-12-5-4-6-17(22)23/h7-10H,3-6,11-14H2,1-2H3,(H2,19,20,21). The normalized spacial score (nSPS) is 15.5. The van der Waals surface area contributed by atoms with Gasteiger partial charge in [-0.2, -0.15) is 11.8 Å². The van der Waals surface area contributed by atoms with Gasteiger partial charge in [-0.15, -0.1) is 0 Å². The van der Waals surface area contributed by atoms with Crippen LogP contribution in [-0.4, -0.2) is 43.5 Å². The van der Waals surface area contributed by atoms with E-state index in [-0.39, 0.29) is 5.91 Å². The molecule has 6 heteroatoms. The lowest BCUT2D eigenvalue weighted by molar-refractivity contribution is -0.119. The number of guanidine groups is 1. The van der Waals surface area contributed by atoms with E-state index in [9.17, 15) is 4.79 Å². The van der Waals surface area contributed by atoms with E-state index in [4.69, 9.17) is 0 Å². The van der Waals surface area contributed by atoms with Gasteiger partial charge in [-0.25, -0.2) is 4.99 Å². The molecule has 0 aromatic heterocycles. The van der Waals surface area contributed by atoms with E-state index in [0.29, 0.717) is 13.0 Å². The van der Waals surface area contributed by atoms with Crippen molar-refractivity contribution >= 4 is 29.3 Å². The van der Waals surface area contributed by atoms with Gasteiger partial charge in [-0.1, -0.05) is 12.1 Å². The van der Waals surface area contributed by atoms with Crippen LogP contribution in [-0.2, 0) is 11.3 Å². The van der Waals surface area contributed by atoms with Crippen molar-refractivity contribution in [3.05, 3.63) is 29.8 Å². The summed E-state index contributed by atoms with van der Waals surface area (Å²) in [5.74, 6) is 2.14. The summed E-state index contributed by atoms with van der Waals surface area (Å²) in [7, 11) is 0. The van der Waals surface area contributed by atoms with Gasteiger partial charge in [0.05, 0.1) is 6.54 Å². The van der Waals surface area contributed by atoms with Gasteiger partial charge >= 0.3 is 0 Å². The highest BCUT2D eigenvalue weighted by Gasteiger charge is 2.19. The molecule has 132 valence electrons. The van der Waals surface area contributed by atoms with Crippen molar-refractivity contribution in [2.24, 2.45) is 4.99 Å². The topological polar surface area (TPSA) is 56.7 Å². The molecule has 0 bridgehead atoms. The molecule has 0 saturated carbocycles. The molecule has 1 heterocycles. The van der Waals surface area contributed by atoms with Crippen LogP contribution in [0.5, 0.6) is 0 Å². The number of aliphatic imine (C=N–C) groups is 1. The molecule has 1 aromatic carbocycles. The van der Waals surface area contributed by atoms with Crippen LogP contribution in [0, 0.1) is 0 Å². The van der Waals surface area contributed by atoms with E-state index in [1.54, 1.807) is 0 Å². The number of amides is 1. The molecule has 1 aliphatic rings. The number of nitrogens with zero attached hydrogens (tertiary/aromatic N) is 2. The van der Waals surface area contributed by atoms with Crippen LogP contribution in [0.4, 0.5) is 5.69 Å². The van der Waals surface area contributed by atoms with Gasteiger partial charge in [-0.3, -0.25) is 4.79 Å². The summed E-state index contributed by atoms with van der Waals surface area (Å²) in [4.78, 5) is 18.5. The SMILES string of the molecule is CCNC(=NCc1ccc(N2CCCCC2=O)cc1)NCCSC. The molecule has 24 heavy (non-hydrogen) atoms. The Bertz CT molecular complexity index is 544. The highest BCUT2D eigenvalue weighted by molar-refractivity contribution is 7.98. The first-order valence-electron chi connectivity index (χ1n) is 8.65. The van der Waals surface area contributed by atoms with Crippen molar-refractivity contribution in [2.75, 3.05) is 36.5 Å². The maximum atomic E-state index is 12.0. The first-order valence-corrected chi connectivity index (χ1v) is 10.0. The molecule has 0 unspecified atom stereocenters. The number of hydrogen-bond acceptors (Lipinski definition) is 3. The van der Waals surface area contributed by atoms with Crippen LogP contribution < -0.4 is 15.5 Å². The molecule has 2 N–H and O–H groups in total. The summed E-state index contributed by atoms with van der Waals surface area (Å²) >= 11 is 1.81. The van der Waals surface area contributed by atoms with Crippen molar-refractivity contribution < 1.29 is 4.79 Å². The maximum Gasteiger partial charge on any atom is 0.226 e. The summed E-state index contributed by atoms with van der Waals surface area (Å²) < 4.78 is 0. The van der Waals surface area contributed by atoms with Gasteiger partial charge in [0.2, 0.25) is 5.91 Å². The Morgan fingerprint density at radius 2 is 2.04 bits per heavy atom. The average molecular weight is 349 g/mol. The van der Waals surface area contributed by atoms with Crippen LogP contribution in [0.3, 0.4) is 0 Å². The maximum absolute atomic E-state index is 12.0. The second-order valence-corrected chi connectivity index (χ2v) is 6.77. The van der Waals surface area contributed by atoms with Crippen molar-refractivity contribution in [3.8, 4) is 0 Å². The third-order valence-corrected chi connectivity index (χ3v) is 4.55. The van der Waals surface area contributed by atoms with Crippen molar-refractivity contribution in [3.63, 3.8) is 0 Å². The minimum Gasteiger partial charge on any atom is -0.357 e. The molecule has 1 saturated heterocycles. The molecule has 1 fully saturated rings. The number of rotatable bonds is 7. The fraction of sp³-hybridized carbons (Fsp3) is 0.556. The lowest BCUT2D eigenvalue weighted by atomic mass is 10.1. The Hall–Kier alpha value is -1.69. The number of piperidine rings is 1. The summed E-state index contributed by atoms with van der Waals surface area (Å²) in [5.41, 5.74) is 2.14. The zero-order chi connectivity index (χ0) is 17.2. The Labute approximate surface area is 149 Å². The van der Waals surface area contributed by atoms with Crippen LogP contribution in [0.2, 0.25) is 0 Å². The first kappa shape index (κ1) is 18.6. The van der Waals surface area contributed by atoms with E-state index in [1.165, 1.54) is 0 Å². The Morgan fingerprint density at radius 3 is 2.71 bits per heavy atom. The van der Waals surface area contributed by atoms with Crippen LogP contribution in [0.15, 0.2) is 29.3 Å². The molecule has 0 radical (unpaired) electrons. The number of benzene rings is 1. The number of anilines is 1. The number of thioether (sulfide) groups is 1. The highest BCUT2D eigenvalue weighted by Crippen LogP contribution is 2.21. The molecular weight excluding hydrogens is 320 g/mol. The Balaban J connectivity index is 1.94. The summed E-state index contributed by atoms with van der Waals surface area (Å²) in [6.45, 7) is 5.28. The van der Waals surface area contributed by atoms with Crippen LogP contribution in [0.1, 0.15) is 31.7 Å². The molecular formula is C18H28N4OS. The van der Waals surface area contributed by atoms with Gasteiger partial charge < -0.3 is 15.5 Å². The smallest absolute Gasteiger partial charge is 0.226 e. The van der Waals surface area contributed by atoms with Gasteiger partial charge in [-0.05, 0) is 43.7 Å². The fourth-order valence-corrected chi connectivity index (χ4v) is 2.95. The first-order chi connectivity index (χ1) is 11.7. The van der Waals surface area contributed by atoms with E-state index in [1.807, 2.05) is 28.8 Å². The Kier molecular flexibility index (Phi) is 7.95. The molecule has 0 spiro atoms. The third-order valence-electron chi connectivity index (χ3n) is 3.93. The predicted molar refractivity (Wildman–Crippen MR) is 104 cm³/mol. The molecule has 1 aromatic rings. The zero-order valence-corrected chi connectivity index (χ0v) is 15.5. The molecule has 5 nitrogen and oxygen atoms in total. The number of nitrogens with one attached hydrogen (secondary N) is 2. The summed E-state index contributed by atoms with van der Waals surface area (Å²) in [6, 6.07) is 8.18. The number of carbonyl (C=O) groups is 1. The van der Waals surface area contributed by atoms with Crippen molar-refractivity contribution in [2.45, 2.75) is 32.7 Å². The lowest BCUT2D eigenvalue weighted by Gasteiger charge is -2.26. The number of hydrogen-bond donors (Lipinski definition) is 2. The summed E-state index contributed by atoms with van der Waals surface area (Å²) in [5, 5.41) is 6.58. The highest BCUT2D eigenvalue weighted by atomic mass is 32.2. The fourth-order valence-electron chi connectivity index (χ4n) is 2.64. The number of carbonyl (C=O) groups excluding carboxylic acids is 1. The largest absolute Gasteiger partial charge is 0.357 e. The minimum absolute atomic E-state index is 0.236. The van der Waals surface area contributed by atoms with Crippen molar-refractivity contribution in [1.82, 2.24) is 10.6 Å². The molecule has 1 aliphatic heterocycles. The van der Waals surface area contributed by atoms with E-state index in [2.05, 4.69) is 40.9 Å². The second-order valence-electron chi connectivity index (χ2n) is 5.78. The van der Waals surface area contributed by atoms with E-state index >= 15 is 0 Å². The van der Waals surface area contributed by atoms with Gasteiger partial charge in [0.15, 0.2) is 5.96 Å². The molecule has 2 rings (SSSR count). The zero-order valence-electron chi connectivity index (χ0n) is 14.7. The minimum atomic E-state index is 0.236. The van der Waals surface area contributed by atoms with Gasteiger partial charge in [0.25, 0.3) is 0 Å². The van der Waals surface area contributed by atoms with Crippen LogP contribution >= 0.6 is 11.8 Å². The monoisotopic (exact) mass is 348 g/mol. The lowest BCUT2D eigenvalue weighted by Crippen LogP contribution is -2.38. The quantitative estimate of drug-likeness (QED) is 0.452. The second kappa shape index (κ2) is 10.2. The van der Waals surface area contributed by atoms with E-state index < -0.39 is 0 Å². The van der Waals surface area contributed by atoms with Gasteiger partial charge in [0, 0.05) is 37.5 Å². The molecule has 1 amide bonds. The van der Waals surface area contributed by atoms with Crippen molar-refractivity contribution in [1.29, 1.82) is 0 Å². The third kappa shape index (κ3) is 5.74.